The van der Waals surface area contributed by atoms with Crippen molar-refractivity contribution in [3.8, 4) is 23.3 Å². The van der Waals surface area contributed by atoms with Gasteiger partial charge in [-0.25, -0.2) is 0 Å². The highest BCUT2D eigenvalue weighted by molar-refractivity contribution is 7.98. The minimum absolute atomic E-state index is 0.211. The monoisotopic (exact) mass is 404 g/mol. The molecule has 0 amide bonds. The Balaban J connectivity index is 1.66. The van der Waals surface area contributed by atoms with E-state index in [1.165, 1.54) is 27.2 Å². The maximum Gasteiger partial charge on any atom is 0.179 e. The average Bonchev–Trinajstić information content (AvgIpc) is 2.92. The summed E-state index contributed by atoms with van der Waals surface area (Å²) in [6.45, 7) is 0. The third-order valence-electron chi connectivity index (χ3n) is 6.44. The van der Waals surface area contributed by atoms with Gasteiger partial charge >= 0.3 is 0 Å². The zero-order valence-corrected chi connectivity index (χ0v) is 17.5. The summed E-state index contributed by atoms with van der Waals surface area (Å²) in [6, 6.07) is 19.9. The Kier molecular flexibility index (Phi) is 4.50. The number of hydrogen-bond acceptors (Lipinski definition) is 3. The Morgan fingerprint density at radius 3 is 2.43 bits per heavy atom. The second-order valence-corrected chi connectivity index (χ2v) is 8.73. The summed E-state index contributed by atoms with van der Waals surface area (Å²) in [5.41, 5.74) is 6.73. The fourth-order valence-corrected chi connectivity index (χ4v) is 5.41. The highest BCUT2D eigenvalue weighted by Crippen LogP contribution is 2.58. The van der Waals surface area contributed by atoms with Gasteiger partial charge in [0.05, 0.1) is 12.1 Å². The summed E-state index contributed by atoms with van der Waals surface area (Å²) < 4.78 is 0. The zero-order chi connectivity index (χ0) is 20.7. The van der Waals surface area contributed by atoms with Crippen LogP contribution in [0.1, 0.15) is 17.5 Å². The molecule has 144 valence electrons. The molecule has 0 fully saturated rings. The Morgan fingerprint density at radius 1 is 0.933 bits per heavy atom. The molecule has 0 spiro atoms. The van der Waals surface area contributed by atoms with Crippen molar-refractivity contribution in [3.05, 3.63) is 95.1 Å². The molecule has 3 aliphatic carbocycles. The third-order valence-corrected chi connectivity index (χ3v) is 7.19. The summed E-state index contributed by atoms with van der Waals surface area (Å²) in [6.07, 6.45) is 13.9. The van der Waals surface area contributed by atoms with Crippen molar-refractivity contribution in [2.45, 2.75) is 17.7 Å². The lowest BCUT2D eigenvalue weighted by atomic mass is 9.71. The van der Waals surface area contributed by atoms with Crippen molar-refractivity contribution < 1.29 is 0 Å². The SMILES string of the molecule is CSc1ccc(-c2ccc3c(c2)CCC2=C3C(C#N)(C#N)C3C=CC=CC=C23)cc1. The average molecular weight is 405 g/mol. The molecule has 2 aromatic carbocycles. The van der Waals surface area contributed by atoms with Gasteiger partial charge in [0.15, 0.2) is 5.41 Å². The number of aryl methyl sites for hydroxylation is 1. The van der Waals surface area contributed by atoms with Crippen LogP contribution in [-0.2, 0) is 6.42 Å². The van der Waals surface area contributed by atoms with E-state index in [0.717, 1.165) is 29.6 Å². The molecule has 0 radical (unpaired) electrons. The molecule has 0 aromatic heterocycles. The Labute approximate surface area is 181 Å². The molecule has 5 rings (SSSR count). The first kappa shape index (κ1) is 18.7. The number of nitrogens with zero attached hydrogens (tertiary/aromatic N) is 2. The molecule has 3 heteroatoms. The Morgan fingerprint density at radius 2 is 1.70 bits per heavy atom. The van der Waals surface area contributed by atoms with Crippen LogP contribution in [0.3, 0.4) is 0 Å². The zero-order valence-electron chi connectivity index (χ0n) is 16.7. The van der Waals surface area contributed by atoms with Gasteiger partial charge in [0.2, 0.25) is 0 Å². The van der Waals surface area contributed by atoms with Gasteiger partial charge in [0.25, 0.3) is 0 Å². The van der Waals surface area contributed by atoms with Gasteiger partial charge in [-0.05, 0) is 70.2 Å². The van der Waals surface area contributed by atoms with E-state index < -0.39 is 5.41 Å². The van der Waals surface area contributed by atoms with Crippen molar-refractivity contribution >= 4 is 17.3 Å². The summed E-state index contributed by atoms with van der Waals surface area (Å²) >= 11 is 1.74. The van der Waals surface area contributed by atoms with E-state index in [4.69, 9.17) is 0 Å². The van der Waals surface area contributed by atoms with Crippen LogP contribution in [0.4, 0.5) is 0 Å². The van der Waals surface area contributed by atoms with Crippen molar-refractivity contribution in [2.24, 2.45) is 11.3 Å². The van der Waals surface area contributed by atoms with Crippen LogP contribution in [-0.4, -0.2) is 6.26 Å². The lowest BCUT2D eigenvalue weighted by Gasteiger charge is -2.26. The number of rotatable bonds is 2. The first-order valence-electron chi connectivity index (χ1n) is 10.1. The number of nitriles is 2. The van der Waals surface area contributed by atoms with E-state index in [9.17, 15) is 10.5 Å². The highest BCUT2D eigenvalue weighted by atomic mass is 32.2. The fourth-order valence-electron chi connectivity index (χ4n) is 5.00. The molecule has 0 bridgehead atoms. The van der Waals surface area contributed by atoms with Gasteiger partial charge in [0.1, 0.15) is 0 Å². The molecule has 2 aromatic rings. The second-order valence-electron chi connectivity index (χ2n) is 7.86. The molecule has 1 atom stereocenters. The first-order valence-corrected chi connectivity index (χ1v) is 11.3. The van der Waals surface area contributed by atoms with Crippen LogP contribution in [0.25, 0.3) is 16.7 Å². The molecule has 0 heterocycles. The molecule has 2 nitrogen and oxygen atoms in total. The summed E-state index contributed by atoms with van der Waals surface area (Å²) in [5, 5.41) is 20.4. The van der Waals surface area contributed by atoms with Crippen LogP contribution >= 0.6 is 11.8 Å². The molecular weight excluding hydrogens is 384 g/mol. The van der Waals surface area contributed by atoms with E-state index in [0.29, 0.717) is 0 Å². The number of benzene rings is 2. The lowest BCUT2D eigenvalue weighted by molar-refractivity contribution is 0.578. The van der Waals surface area contributed by atoms with Gasteiger partial charge < -0.3 is 0 Å². The van der Waals surface area contributed by atoms with Gasteiger partial charge in [-0.3, -0.25) is 0 Å². The minimum atomic E-state index is -1.17. The fraction of sp³-hybridized carbons (Fsp3) is 0.185. The third kappa shape index (κ3) is 2.63. The van der Waals surface area contributed by atoms with Crippen LogP contribution in [0.15, 0.2) is 88.9 Å². The Hall–Kier alpha value is -3.27. The molecule has 0 saturated carbocycles. The molecule has 0 aliphatic heterocycles. The van der Waals surface area contributed by atoms with Crippen LogP contribution in [0, 0.1) is 34.0 Å². The van der Waals surface area contributed by atoms with Gasteiger partial charge in [-0.1, -0.05) is 60.7 Å². The number of fused-ring (bicyclic) bond motifs is 4. The second kappa shape index (κ2) is 7.21. The topological polar surface area (TPSA) is 47.6 Å². The largest absolute Gasteiger partial charge is 0.196 e. The first-order chi connectivity index (χ1) is 14.7. The summed E-state index contributed by atoms with van der Waals surface area (Å²) in [5.74, 6) is -0.211. The van der Waals surface area contributed by atoms with Gasteiger partial charge in [-0.15, -0.1) is 11.8 Å². The van der Waals surface area contributed by atoms with Gasteiger partial charge in [0, 0.05) is 10.8 Å². The van der Waals surface area contributed by atoms with Crippen molar-refractivity contribution in [2.75, 3.05) is 6.26 Å². The maximum absolute atomic E-state index is 10.2. The number of thioether (sulfide) groups is 1. The van der Waals surface area contributed by atoms with E-state index in [2.05, 4.69) is 66.9 Å². The van der Waals surface area contributed by atoms with Crippen molar-refractivity contribution in [3.63, 3.8) is 0 Å². The van der Waals surface area contributed by atoms with Crippen molar-refractivity contribution in [1.29, 1.82) is 10.5 Å². The molecule has 3 aliphatic rings. The smallest absolute Gasteiger partial charge is 0.179 e. The standard InChI is InChI=1S/C27H20N2S/c1-30-21-11-7-18(8-12-21)19-9-13-22-20(15-19)10-14-24-23-5-3-2-4-6-25(23)27(16-28,17-29)26(22)24/h2-9,11-13,15,25H,10,14H2,1H3. The normalized spacial score (nSPS) is 20.4. The van der Waals surface area contributed by atoms with E-state index in [1.54, 1.807) is 11.8 Å². The van der Waals surface area contributed by atoms with Crippen LogP contribution < -0.4 is 0 Å². The van der Waals surface area contributed by atoms with E-state index in [1.807, 2.05) is 24.3 Å². The summed E-state index contributed by atoms with van der Waals surface area (Å²) in [7, 11) is 0. The predicted molar refractivity (Wildman–Crippen MR) is 122 cm³/mol. The predicted octanol–water partition coefficient (Wildman–Crippen LogP) is 6.49. The molecule has 0 N–H and O–H groups in total. The van der Waals surface area contributed by atoms with Crippen molar-refractivity contribution in [1.82, 2.24) is 0 Å². The summed E-state index contributed by atoms with van der Waals surface area (Å²) in [4.78, 5) is 1.25. The molecule has 0 saturated heterocycles. The Bertz CT molecular complexity index is 1230. The van der Waals surface area contributed by atoms with Gasteiger partial charge in [-0.2, -0.15) is 10.5 Å². The number of hydrogen-bond donors (Lipinski definition) is 0. The molecular formula is C27H20N2S. The van der Waals surface area contributed by atoms with Crippen LogP contribution in [0.5, 0.6) is 0 Å². The maximum atomic E-state index is 10.2. The molecule has 1 unspecified atom stereocenters. The molecule has 30 heavy (non-hydrogen) atoms. The highest BCUT2D eigenvalue weighted by Gasteiger charge is 2.53. The van der Waals surface area contributed by atoms with E-state index >= 15 is 0 Å². The quantitative estimate of drug-likeness (QED) is 0.537. The van der Waals surface area contributed by atoms with Crippen LogP contribution in [0.2, 0.25) is 0 Å². The van der Waals surface area contributed by atoms with E-state index in [-0.39, 0.29) is 5.92 Å². The number of allylic oxidation sites excluding steroid dienone is 8. The lowest BCUT2D eigenvalue weighted by Crippen LogP contribution is -2.24. The minimum Gasteiger partial charge on any atom is -0.196 e.